The molecule has 1 aromatic rings. The van der Waals surface area contributed by atoms with E-state index in [1.54, 1.807) is 0 Å². The molecule has 0 radical (unpaired) electrons. The number of hydrogen-bond acceptors (Lipinski definition) is 4. The largest absolute Gasteiger partial charge is 0.374 e. The summed E-state index contributed by atoms with van der Waals surface area (Å²) in [6, 6.07) is 8.94. The van der Waals surface area contributed by atoms with Crippen molar-refractivity contribution in [1.82, 2.24) is 5.43 Å². The molecule has 3 unspecified atom stereocenters. The van der Waals surface area contributed by atoms with Crippen molar-refractivity contribution < 1.29 is 4.74 Å². The van der Waals surface area contributed by atoms with Gasteiger partial charge in [-0.3, -0.25) is 11.3 Å². The first-order valence-corrected chi connectivity index (χ1v) is 9.19. The molecule has 2 aliphatic heterocycles. The summed E-state index contributed by atoms with van der Waals surface area (Å²) in [5.41, 5.74) is 6.00. The molecule has 2 heterocycles. The molecule has 21 heavy (non-hydrogen) atoms. The smallest absolute Gasteiger partial charge is 0.0783 e. The van der Waals surface area contributed by atoms with Crippen molar-refractivity contribution >= 4 is 11.8 Å². The molecule has 0 aliphatic carbocycles. The number of hydrogen-bond donors (Lipinski definition) is 2. The van der Waals surface area contributed by atoms with Crippen molar-refractivity contribution in [2.45, 2.75) is 44.2 Å². The Balaban J connectivity index is 1.82. The van der Waals surface area contributed by atoms with Gasteiger partial charge in [0.2, 0.25) is 0 Å². The molecule has 4 heteroatoms. The van der Waals surface area contributed by atoms with Crippen molar-refractivity contribution in [3.8, 4) is 0 Å². The Morgan fingerprint density at radius 3 is 3.05 bits per heavy atom. The number of aryl methyl sites for hydroxylation is 1. The minimum absolute atomic E-state index is 0.115. The van der Waals surface area contributed by atoms with Gasteiger partial charge in [-0.25, -0.2) is 0 Å². The third kappa shape index (κ3) is 3.14. The molecule has 116 valence electrons. The summed E-state index contributed by atoms with van der Waals surface area (Å²) in [4.78, 5) is 0. The van der Waals surface area contributed by atoms with E-state index in [9.17, 15) is 0 Å². The van der Waals surface area contributed by atoms with E-state index >= 15 is 0 Å². The minimum Gasteiger partial charge on any atom is -0.374 e. The van der Waals surface area contributed by atoms with Crippen molar-refractivity contribution in [2.24, 2.45) is 11.8 Å². The predicted octanol–water partition coefficient (Wildman–Crippen LogP) is 3.06. The molecule has 0 aromatic heterocycles. The molecule has 1 spiro atoms. The van der Waals surface area contributed by atoms with E-state index in [0.29, 0.717) is 5.92 Å². The second-order valence-electron chi connectivity index (χ2n) is 6.28. The van der Waals surface area contributed by atoms with Gasteiger partial charge in [0.1, 0.15) is 0 Å². The summed E-state index contributed by atoms with van der Waals surface area (Å²) >= 11 is 2.03. The van der Waals surface area contributed by atoms with Gasteiger partial charge >= 0.3 is 0 Å². The molecule has 0 bridgehead atoms. The highest BCUT2D eigenvalue weighted by molar-refractivity contribution is 7.99. The first-order chi connectivity index (χ1) is 10.3. The highest BCUT2D eigenvalue weighted by Gasteiger charge is 2.42. The summed E-state index contributed by atoms with van der Waals surface area (Å²) in [6.07, 6.45) is 4.48. The van der Waals surface area contributed by atoms with E-state index in [0.717, 1.165) is 31.6 Å². The van der Waals surface area contributed by atoms with Gasteiger partial charge in [0.05, 0.1) is 5.60 Å². The molecule has 2 saturated heterocycles. The lowest BCUT2D eigenvalue weighted by atomic mass is 9.78. The van der Waals surface area contributed by atoms with Gasteiger partial charge in [-0.1, -0.05) is 31.2 Å². The lowest BCUT2D eigenvalue weighted by Crippen LogP contribution is -2.45. The lowest BCUT2D eigenvalue weighted by molar-refractivity contribution is -0.0854. The molecule has 3 atom stereocenters. The molecule has 0 saturated carbocycles. The first-order valence-electron chi connectivity index (χ1n) is 8.03. The van der Waals surface area contributed by atoms with Crippen LogP contribution in [0.2, 0.25) is 0 Å². The van der Waals surface area contributed by atoms with E-state index in [-0.39, 0.29) is 11.6 Å². The fraction of sp³-hybridized carbons (Fsp3) is 0.647. The maximum atomic E-state index is 6.15. The highest BCUT2D eigenvalue weighted by Crippen LogP contribution is 2.44. The second kappa shape index (κ2) is 6.69. The van der Waals surface area contributed by atoms with E-state index in [1.165, 1.54) is 23.3 Å². The van der Waals surface area contributed by atoms with Gasteiger partial charge < -0.3 is 4.74 Å². The van der Waals surface area contributed by atoms with Crippen LogP contribution in [0.5, 0.6) is 0 Å². The number of nitrogens with one attached hydrogen (secondary N) is 1. The molecule has 2 fully saturated rings. The molecule has 1 aromatic carbocycles. The zero-order valence-corrected chi connectivity index (χ0v) is 13.6. The fourth-order valence-corrected chi connectivity index (χ4v) is 5.23. The highest BCUT2D eigenvalue weighted by atomic mass is 32.2. The molecule has 3 N–H and O–H groups in total. The molecular formula is C17H26N2OS. The van der Waals surface area contributed by atoms with Gasteiger partial charge in [0.15, 0.2) is 0 Å². The minimum atomic E-state index is 0.115. The van der Waals surface area contributed by atoms with Crippen LogP contribution in [0.3, 0.4) is 0 Å². The SMILES string of the molecule is CCc1ccccc1C(NN)C1CCOC2(CCSC2)C1. The Kier molecular flexibility index (Phi) is 4.89. The van der Waals surface area contributed by atoms with Gasteiger partial charge in [-0.15, -0.1) is 0 Å². The number of rotatable bonds is 4. The van der Waals surface area contributed by atoms with Gasteiger partial charge in [-0.05, 0) is 48.5 Å². The Hall–Kier alpha value is -0.550. The van der Waals surface area contributed by atoms with Gasteiger partial charge in [-0.2, -0.15) is 11.8 Å². The average Bonchev–Trinajstić information content (AvgIpc) is 2.96. The molecule has 2 aliphatic rings. The fourth-order valence-electron chi connectivity index (χ4n) is 3.85. The topological polar surface area (TPSA) is 47.3 Å². The van der Waals surface area contributed by atoms with Crippen LogP contribution in [0.15, 0.2) is 24.3 Å². The van der Waals surface area contributed by atoms with Crippen LogP contribution in [0.25, 0.3) is 0 Å². The number of nitrogens with two attached hydrogens (primary N) is 1. The summed E-state index contributed by atoms with van der Waals surface area (Å²) < 4.78 is 6.15. The molecule has 3 nitrogen and oxygen atoms in total. The third-order valence-corrected chi connectivity index (χ3v) is 6.24. The van der Waals surface area contributed by atoms with Gasteiger partial charge in [0.25, 0.3) is 0 Å². The van der Waals surface area contributed by atoms with Crippen LogP contribution in [-0.2, 0) is 11.2 Å². The standard InChI is InChI=1S/C17H26N2OS/c1-2-13-5-3-4-6-15(13)16(19-18)14-7-9-20-17(11-14)8-10-21-12-17/h3-6,14,16,19H,2,7-12,18H2,1H3. The quantitative estimate of drug-likeness (QED) is 0.663. The second-order valence-corrected chi connectivity index (χ2v) is 7.39. The van der Waals surface area contributed by atoms with Crippen LogP contribution in [0.1, 0.15) is 43.4 Å². The number of thioether (sulfide) groups is 1. The van der Waals surface area contributed by atoms with Crippen molar-refractivity contribution in [3.05, 3.63) is 35.4 Å². The zero-order valence-electron chi connectivity index (χ0n) is 12.8. The van der Waals surface area contributed by atoms with Crippen molar-refractivity contribution in [2.75, 3.05) is 18.1 Å². The number of hydrazine groups is 1. The monoisotopic (exact) mass is 306 g/mol. The summed E-state index contributed by atoms with van der Waals surface area (Å²) in [5.74, 6) is 8.90. The van der Waals surface area contributed by atoms with Crippen LogP contribution >= 0.6 is 11.8 Å². The molecule has 0 amide bonds. The zero-order chi connectivity index (χ0) is 14.7. The Labute approximate surface area is 132 Å². The number of ether oxygens (including phenoxy) is 1. The first kappa shape index (κ1) is 15.3. The van der Waals surface area contributed by atoms with E-state index < -0.39 is 0 Å². The lowest BCUT2D eigenvalue weighted by Gasteiger charge is -2.41. The Morgan fingerprint density at radius 2 is 2.33 bits per heavy atom. The van der Waals surface area contributed by atoms with E-state index in [1.807, 2.05) is 11.8 Å². The Bertz CT molecular complexity index is 474. The predicted molar refractivity (Wildman–Crippen MR) is 89.2 cm³/mol. The summed E-state index contributed by atoms with van der Waals surface area (Å²) in [5, 5.41) is 0. The van der Waals surface area contributed by atoms with E-state index in [2.05, 4.69) is 36.6 Å². The molecular weight excluding hydrogens is 280 g/mol. The summed E-state index contributed by atoms with van der Waals surface area (Å²) in [7, 11) is 0. The summed E-state index contributed by atoms with van der Waals surface area (Å²) in [6.45, 7) is 3.09. The van der Waals surface area contributed by atoms with Gasteiger partial charge in [0, 0.05) is 18.4 Å². The van der Waals surface area contributed by atoms with Crippen molar-refractivity contribution in [3.63, 3.8) is 0 Å². The van der Waals surface area contributed by atoms with Crippen LogP contribution < -0.4 is 11.3 Å². The third-order valence-electron chi connectivity index (χ3n) is 5.02. The molecule has 3 rings (SSSR count). The maximum absolute atomic E-state index is 6.15. The number of benzene rings is 1. The van der Waals surface area contributed by atoms with Crippen LogP contribution in [-0.4, -0.2) is 23.7 Å². The normalized spacial score (nSPS) is 30.7. The van der Waals surface area contributed by atoms with E-state index in [4.69, 9.17) is 10.6 Å². The Morgan fingerprint density at radius 1 is 1.48 bits per heavy atom. The van der Waals surface area contributed by atoms with Crippen LogP contribution in [0.4, 0.5) is 0 Å². The van der Waals surface area contributed by atoms with Crippen molar-refractivity contribution in [1.29, 1.82) is 0 Å². The van der Waals surface area contributed by atoms with Crippen LogP contribution in [0, 0.1) is 5.92 Å². The average molecular weight is 306 g/mol. The maximum Gasteiger partial charge on any atom is 0.0783 e.